The molecule has 0 amide bonds. The van der Waals surface area contributed by atoms with Gasteiger partial charge in [-0.15, -0.1) is 0 Å². The number of likely N-dealkylation sites (tertiary alicyclic amines) is 1. The molecule has 1 heterocycles. The van der Waals surface area contributed by atoms with Crippen molar-refractivity contribution in [1.29, 1.82) is 0 Å². The van der Waals surface area contributed by atoms with Crippen LogP contribution in [-0.2, 0) is 0 Å². The Balaban J connectivity index is 1.85. The van der Waals surface area contributed by atoms with Crippen LogP contribution in [0.15, 0.2) is 24.3 Å². The van der Waals surface area contributed by atoms with Crippen LogP contribution in [-0.4, -0.2) is 36.9 Å². The number of ketones is 1. The summed E-state index contributed by atoms with van der Waals surface area (Å²) in [5.74, 6) is 0.768. The van der Waals surface area contributed by atoms with E-state index in [-0.39, 0.29) is 5.78 Å². The van der Waals surface area contributed by atoms with Gasteiger partial charge in [0.15, 0.2) is 5.78 Å². The summed E-state index contributed by atoms with van der Waals surface area (Å²) in [5, 5.41) is 0. The minimum absolute atomic E-state index is 0.0581. The highest BCUT2D eigenvalue weighted by molar-refractivity contribution is 5.96. The van der Waals surface area contributed by atoms with Gasteiger partial charge in [-0.05, 0) is 50.3 Å². The second kappa shape index (κ2) is 7.08. The molecule has 0 aliphatic carbocycles. The molecule has 1 aromatic rings. The van der Waals surface area contributed by atoms with Crippen molar-refractivity contribution in [2.45, 2.75) is 40.0 Å². The van der Waals surface area contributed by atoms with Gasteiger partial charge in [0, 0.05) is 13.1 Å². The van der Waals surface area contributed by atoms with E-state index in [2.05, 4.69) is 18.7 Å². The molecule has 0 radical (unpaired) electrons. The summed E-state index contributed by atoms with van der Waals surface area (Å²) in [5.41, 5.74) is 1.19. The van der Waals surface area contributed by atoms with Crippen molar-refractivity contribution in [3.8, 4) is 5.75 Å². The summed E-state index contributed by atoms with van der Waals surface area (Å²) >= 11 is 0. The second-order valence-corrected chi connectivity index (χ2v) is 6.13. The van der Waals surface area contributed by atoms with Gasteiger partial charge in [-0.2, -0.15) is 0 Å². The van der Waals surface area contributed by atoms with Crippen LogP contribution in [0.4, 0.5) is 0 Å². The molecule has 0 N–H and O–H groups in total. The first-order chi connectivity index (χ1) is 10.1. The molecule has 0 saturated carbocycles. The van der Waals surface area contributed by atoms with Crippen molar-refractivity contribution >= 4 is 5.78 Å². The molecular weight excluding hydrogens is 262 g/mol. The number of carbonyl (C=O) groups excluding carboxylic acids is 1. The Labute approximate surface area is 128 Å². The maximum absolute atomic E-state index is 11.6. The van der Waals surface area contributed by atoms with Crippen molar-refractivity contribution in [2.24, 2.45) is 5.41 Å². The summed E-state index contributed by atoms with van der Waals surface area (Å²) in [6.07, 6.45) is 3.81. The fraction of sp³-hybridized carbons (Fsp3) is 0.611. The highest BCUT2D eigenvalue weighted by Crippen LogP contribution is 2.36. The molecule has 1 saturated heterocycles. The SMILES string of the molecule is CCC1(CC)CCN(CCOc2ccccc2C(C)=O)C1. The number of hydrogen-bond donors (Lipinski definition) is 0. The number of rotatable bonds is 7. The van der Waals surface area contributed by atoms with E-state index in [1.165, 1.54) is 32.4 Å². The molecule has 1 fully saturated rings. The van der Waals surface area contributed by atoms with Crippen LogP contribution in [0.2, 0.25) is 0 Å². The van der Waals surface area contributed by atoms with Gasteiger partial charge < -0.3 is 4.74 Å². The van der Waals surface area contributed by atoms with Gasteiger partial charge in [0.25, 0.3) is 0 Å². The van der Waals surface area contributed by atoms with E-state index >= 15 is 0 Å². The maximum atomic E-state index is 11.6. The molecule has 0 unspecified atom stereocenters. The van der Waals surface area contributed by atoms with Gasteiger partial charge in [0.1, 0.15) is 12.4 Å². The lowest BCUT2D eigenvalue weighted by atomic mass is 9.82. The highest BCUT2D eigenvalue weighted by atomic mass is 16.5. The van der Waals surface area contributed by atoms with Crippen LogP contribution >= 0.6 is 0 Å². The molecular formula is C18H27NO2. The lowest BCUT2D eigenvalue weighted by molar-refractivity contribution is 0.101. The predicted molar refractivity (Wildman–Crippen MR) is 86.0 cm³/mol. The number of nitrogens with zero attached hydrogens (tertiary/aromatic N) is 1. The number of carbonyl (C=O) groups is 1. The Kier molecular flexibility index (Phi) is 5.40. The third-order valence-corrected chi connectivity index (χ3v) is 4.95. The predicted octanol–water partition coefficient (Wildman–Crippen LogP) is 3.78. The molecule has 0 atom stereocenters. The molecule has 0 bridgehead atoms. The van der Waals surface area contributed by atoms with Gasteiger partial charge in [0.2, 0.25) is 0 Å². The van der Waals surface area contributed by atoms with Gasteiger partial charge in [-0.3, -0.25) is 9.69 Å². The summed E-state index contributed by atoms with van der Waals surface area (Å²) in [4.78, 5) is 14.0. The van der Waals surface area contributed by atoms with E-state index in [1.54, 1.807) is 6.92 Å². The first-order valence-electron chi connectivity index (χ1n) is 8.05. The minimum Gasteiger partial charge on any atom is -0.491 e. The number of hydrogen-bond acceptors (Lipinski definition) is 3. The van der Waals surface area contributed by atoms with Gasteiger partial charge in [-0.1, -0.05) is 26.0 Å². The van der Waals surface area contributed by atoms with Crippen molar-refractivity contribution in [1.82, 2.24) is 4.90 Å². The van der Waals surface area contributed by atoms with E-state index in [0.29, 0.717) is 23.3 Å². The average molecular weight is 289 g/mol. The molecule has 0 aromatic heterocycles. The Morgan fingerprint density at radius 3 is 2.62 bits per heavy atom. The summed E-state index contributed by atoms with van der Waals surface area (Å²) < 4.78 is 5.83. The zero-order chi connectivity index (χ0) is 15.3. The van der Waals surface area contributed by atoms with Crippen molar-refractivity contribution in [2.75, 3.05) is 26.2 Å². The third kappa shape index (κ3) is 3.85. The number of benzene rings is 1. The van der Waals surface area contributed by atoms with Crippen LogP contribution in [0.5, 0.6) is 5.75 Å². The van der Waals surface area contributed by atoms with Crippen LogP contribution in [0, 0.1) is 5.41 Å². The van der Waals surface area contributed by atoms with Crippen LogP contribution in [0.25, 0.3) is 0 Å². The van der Waals surface area contributed by atoms with E-state index in [1.807, 2.05) is 24.3 Å². The minimum atomic E-state index is 0.0581. The number of para-hydroxylation sites is 1. The fourth-order valence-corrected chi connectivity index (χ4v) is 3.21. The van der Waals surface area contributed by atoms with E-state index < -0.39 is 0 Å². The molecule has 3 heteroatoms. The third-order valence-electron chi connectivity index (χ3n) is 4.95. The first-order valence-corrected chi connectivity index (χ1v) is 8.05. The Hall–Kier alpha value is -1.35. The van der Waals surface area contributed by atoms with Crippen LogP contribution < -0.4 is 4.74 Å². The standard InChI is InChI=1S/C18H27NO2/c1-4-18(5-2)10-11-19(14-18)12-13-21-17-9-7-6-8-16(17)15(3)20/h6-9H,4-5,10-14H2,1-3H3. The zero-order valence-corrected chi connectivity index (χ0v) is 13.5. The quantitative estimate of drug-likeness (QED) is 0.715. The zero-order valence-electron chi connectivity index (χ0n) is 13.5. The monoisotopic (exact) mass is 289 g/mol. The summed E-state index contributed by atoms with van der Waals surface area (Å²) in [6.45, 7) is 10.1. The molecule has 0 spiro atoms. The van der Waals surface area contributed by atoms with Gasteiger partial charge in [-0.25, -0.2) is 0 Å². The Bertz CT molecular complexity index is 480. The number of Topliss-reactive ketones (excluding diaryl/α,β-unsaturated/α-hetero) is 1. The number of ether oxygens (including phenoxy) is 1. The van der Waals surface area contributed by atoms with Crippen molar-refractivity contribution < 1.29 is 9.53 Å². The molecule has 116 valence electrons. The smallest absolute Gasteiger partial charge is 0.163 e. The second-order valence-electron chi connectivity index (χ2n) is 6.13. The summed E-state index contributed by atoms with van der Waals surface area (Å²) in [6, 6.07) is 7.49. The molecule has 3 nitrogen and oxygen atoms in total. The fourth-order valence-electron chi connectivity index (χ4n) is 3.21. The Morgan fingerprint density at radius 1 is 1.29 bits per heavy atom. The topological polar surface area (TPSA) is 29.5 Å². The van der Waals surface area contributed by atoms with E-state index in [4.69, 9.17) is 4.74 Å². The Morgan fingerprint density at radius 2 is 2.00 bits per heavy atom. The molecule has 1 aliphatic rings. The van der Waals surface area contributed by atoms with Gasteiger partial charge >= 0.3 is 0 Å². The molecule has 2 rings (SSSR count). The van der Waals surface area contributed by atoms with Crippen LogP contribution in [0.3, 0.4) is 0 Å². The molecule has 21 heavy (non-hydrogen) atoms. The van der Waals surface area contributed by atoms with E-state index in [0.717, 1.165) is 6.54 Å². The largest absolute Gasteiger partial charge is 0.491 e. The summed E-state index contributed by atoms with van der Waals surface area (Å²) in [7, 11) is 0. The van der Waals surface area contributed by atoms with E-state index in [9.17, 15) is 4.79 Å². The normalized spacial score (nSPS) is 17.9. The lowest BCUT2D eigenvalue weighted by Crippen LogP contribution is -2.29. The highest BCUT2D eigenvalue weighted by Gasteiger charge is 2.34. The first kappa shape index (κ1) is 16.0. The van der Waals surface area contributed by atoms with Crippen molar-refractivity contribution in [3.63, 3.8) is 0 Å². The average Bonchev–Trinajstić information content (AvgIpc) is 2.92. The van der Waals surface area contributed by atoms with Gasteiger partial charge in [0.05, 0.1) is 5.56 Å². The van der Waals surface area contributed by atoms with Crippen molar-refractivity contribution in [3.05, 3.63) is 29.8 Å². The molecule has 1 aliphatic heterocycles. The molecule has 1 aromatic carbocycles. The van der Waals surface area contributed by atoms with Crippen LogP contribution in [0.1, 0.15) is 50.4 Å². The maximum Gasteiger partial charge on any atom is 0.163 e. The lowest BCUT2D eigenvalue weighted by Gasteiger charge is -2.26.